The SMILES string of the molecule is CN1Cc2nnc(-c3cccs3)n2C2(CCN(Cc3cnn(C)c3)CC2)C1.O=C(O)C(F)(F)F.O=C(O)C(F)(F)F. The van der Waals surface area contributed by atoms with Crippen molar-refractivity contribution in [3.8, 4) is 10.7 Å². The Labute approximate surface area is 233 Å². The Bertz CT molecular complexity index is 1290. The molecule has 0 aromatic carbocycles. The molecule has 41 heavy (non-hydrogen) atoms. The zero-order valence-electron chi connectivity index (χ0n) is 21.9. The van der Waals surface area contributed by atoms with E-state index in [-0.39, 0.29) is 5.54 Å². The highest BCUT2D eigenvalue weighted by Crippen LogP contribution is 2.39. The van der Waals surface area contributed by atoms with E-state index in [1.165, 1.54) is 10.4 Å². The predicted molar refractivity (Wildman–Crippen MR) is 133 cm³/mol. The molecule has 1 fully saturated rings. The Morgan fingerprint density at radius 1 is 1.02 bits per heavy atom. The number of alkyl halides is 6. The van der Waals surface area contributed by atoms with Gasteiger partial charge in [0.1, 0.15) is 5.82 Å². The Kier molecular flexibility index (Phi) is 9.81. The van der Waals surface area contributed by atoms with E-state index in [2.05, 4.69) is 60.4 Å². The van der Waals surface area contributed by atoms with Crippen LogP contribution in [0.4, 0.5) is 26.3 Å². The number of carboxylic acid groups (broad SMARTS) is 2. The van der Waals surface area contributed by atoms with Crippen LogP contribution in [-0.4, -0.2) is 95.5 Å². The lowest BCUT2D eigenvalue weighted by Crippen LogP contribution is -2.55. The lowest BCUT2D eigenvalue weighted by molar-refractivity contribution is -0.193. The molecule has 1 saturated heterocycles. The van der Waals surface area contributed by atoms with E-state index in [0.717, 1.165) is 57.2 Å². The molecule has 0 aliphatic carbocycles. The summed E-state index contributed by atoms with van der Waals surface area (Å²) in [7, 11) is 4.18. The van der Waals surface area contributed by atoms with E-state index in [1.54, 1.807) is 11.3 Å². The van der Waals surface area contributed by atoms with E-state index in [0.29, 0.717) is 0 Å². The normalized spacial score (nSPS) is 17.2. The molecule has 0 saturated carbocycles. The van der Waals surface area contributed by atoms with E-state index >= 15 is 0 Å². The van der Waals surface area contributed by atoms with Crippen molar-refractivity contribution in [1.29, 1.82) is 0 Å². The fraction of sp³-hybridized carbons (Fsp3) is 0.522. The number of likely N-dealkylation sites (tertiary alicyclic amines) is 1. The Morgan fingerprint density at radius 2 is 1.61 bits per heavy atom. The summed E-state index contributed by atoms with van der Waals surface area (Å²) >= 11 is 1.75. The standard InChI is InChI=1S/C19H25N7S.2C2HF3O2/c1-23-13-17-21-22-18(16-4-3-9-27-16)26(17)19(14-23)5-7-25(8-6-19)12-15-10-20-24(2)11-15;2*3-2(4,5)1(6)7/h3-4,9-11H,5-8,12-14H2,1-2H3;2*(H,6,7). The van der Waals surface area contributed by atoms with Gasteiger partial charge in [-0.2, -0.15) is 31.4 Å². The number of aromatic nitrogens is 5. The van der Waals surface area contributed by atoms with Gasteiger partial charge in [0.05, 0.1) is 23.2 Å². The highest BCUT2D eigenvalue weighted by molar-refractivity contribution is 7.13. The van der Waals surface area contributed by atoms with Gasteiger partial charge in [0.2, 0.25) is 0 Å². The number of rotatable bonds is 3. The molecule has 11 nitrogen and oxygen atoms in total. The molecule has 5 heterocycles. The van der Waals surface area contributed by atoms with Gasteiger partial charge in [0.15, 0.2) is 5.82 Å². The number of aliphatic carboxylic acids is 2. The summed E-state index contributed by atoms with van der Waals surface area (Å²) in [5, 5.41) is 29.8. The van der Waals surface area contributed by atoms with Crippen LogP contribution in [0.3, 0.4) is 0 Å². The van der Waals surface area contributed by atoms with Crippen molar-refractivity contribution in [2.45, 2.75) is 43.8 Å². The van der Waals surface area contributed by atoms with Crippen molar-refractivity contribution in [2.75, 3.05) is 26.7 Å². The average molecular weight is 612 g/mol. The molecule has 2 aliphatic heterocycles. The molecule has 2 aliphatic rings. The number of thiophene rings is 1. The van der Waals surface area contributed by atoms with Crippen molar-refractivity contribution in [3.05, 3.63) is 41.3 Å². The number of halogens is 6. The van der Waals surface area contributed by atoms with Crippen LogP contribution in [0.5, 0.6) is 0 Å². The zero-order valence-corrected chi connectivity index (χ0v) is 22.7. The fourth-order valence-electron chi connectivity index (χ4n) is 4.67. The number of hydrogen-bond donors (Lipinski definition) is 2. The number of hydrogen-bond acceptors (Lipinski definition) is 8. The molecule has 3 aromatic rings. The molecule has 3 aromatic heterocycles. The third-order valence-corrected chi connectivity index (χ3v) is 7.22. The molecule has 2 N–H and O–H groups in total. The van der Waals surface area contributed by atoms with Gasteiger partial charge in [-0.1, -0.05) is 6.07 Å². The molecule has 0 bridgehead atoms. The number of piperidine rings is 1. The molecule has 1 spiro atoms. The molecular formula is C23H27F6N7O4S. The van der Waals surface area contributed by atoms with Crippen LogP contribution in [-0.2, 0) is 35.3 Å². The number of fused-ring (bicyclic) bond motifs is 2. The van der Waals surface area contributed by atoms with Crippen molar-refractivity contribution in [1.82, 2.24) is 34.3 Å². The maximum atomic E-state index is 10.6. The molecule has 0 unspecified atom stereocenters. The van der Waals surface area contributed by atoms with E-state index in [9.17, 15) is 26.3 Å². The summed E-state index contributed by atoms with van der Waals surface area (Å²) < 4.78 is 67.8. The first kappa shape index (κ1) is 32.0. The minimum absolute atomic E-state index is 0.0938. The maximum absolute atomic E-state index is 10.6. The summed E-state index contributed by atoms with van der Waals surface area (Å²) in [6.07, 6.45) is -3.82. The Balaban J connectivity index is 0.000000276. The van der Waals surface area contributed by atoms with Gasteiger partial charge in [-0.05, 0) is 31.3 Å². The van der Waals surface area contributed by atoms with Crippen LogP contribution in [0.15, 0.2) is 29.9 Å². The highest BCUT2D eigenvalue weighted by Gasteiger charge is 2.44. The van der Waals surface area contributed by atoms with Crippen LogP contribution >= 0.6 is 11.3 Å². The van der Waals surface area contributed by atoms with E-state index in [1.807, 2.05) is 17.9 Å². The third kappa shape index (κ3) is 8.26. The predicted octanol–water partition coefficient (Wildman–Crippen LogP) is 3.44. The van der Waals surface area contributed by atoms with Gasteiger partial charge >= 0.3 is 24.3 Å². The molecule has 5 rings (SSSR count). The monoisotopic (exact) mass is 611 g/mol. The summed E-state index contributed by atoms with van der Waals surface area (Å²) in [6.45, 7) is 5.09. The van der Waals surface area contributed by atoms with E-state index < -0.39 is 24.3 Å². The van der Waals surface area contributed by atoms with Crippen molar-refractivity contribution in [2.24, 2.45) is 7.05 Å². The van der Waals surface area contributed by atoms with Crippen LogP contribution < -0.4 is 0 Å². The summed E-state index contributed by atoms with van der Waals surface area (Å²) in [5.74, 6) is -3.36. The highest BCUT2D eigenvalue weighted by atomic mass is 32.1. The topological polar surface area (TPSA) is 130 Å². The smallest absolute Gasteiger partial charge is 0.475 e. The van der Waals surface area contributed by atoms with Crippen molar-refractivity contribution >= 4 is 23.3 Å². The van der Waals surface area contributed by atoms with Gasteiger partial charge in [-0.3, -0.25) is 14.5 Å². The number of aryl methyl sites for hydroxylation is 1. The van der Waals surface area contributed by atoms with Gasteiger partial charge in [-0.25, -0.2) is 9.59 Å². The van der Waals surface area contributed by atoms with Crippen LogP contribution in [0.2, 0.25) is 0 Å². The van der Waals surface area contributed by atoms with Crippen LogP contribution in [0, 0.1) is 0 Å². The van der Waals surface area contributed by atoms with Gasteiger partial charge < -0.3 is 14.8 Å². The summed E-state index contributed by atoms with van der Waals surface area (Å²) in [6, 6.07) is 4.26. The summed E-state index contributed by atoms with van der Waals surface area (Å²) in [5.41, 5.74) is 1.38. The first-order chi connectivity index (χ1) is 19.0. The molecule has 18 heteroatoms. The second kappa shape index (κ2) is 12.6. The Hall–Kier alpha value is -3.51. The summed E-state index contributed by atoms with van der Waals surface area (Å²) in [4.78, 5) is 24.0. The minimum Gasteiger partial charge on any atom is -0.475 e. The number of nitrogens with zero attached hydrogens (tertiary/aromatic N) is 7. The van der Waals surface area contributed by atoms with Crippen molar-refractivity contribution in [3.63, 3.8) is 0 Å². The quantitative estimate of drug-likeness (QED) is 0.428. The zero-order chi connectivity index (χ0) is 30.6. The van der Waals surface area contributed by atoms with Crippen molar-refractivity contribution < 1.29 is 46.1 Å². The Morgan fingerprint density at radius 3 is 2.07 bits per heavy atom. The minimum atomic E-state index is -5.08. The number of carbonyl (C=O) groups is 2. The molecular weight excluding hydrogens is 584 g/mol. The van der Waals surface area contributed by atoms with Gasteiger partial charge in [0, 0.05) is 45.0 Å². The largest absolute Gasteiger partial charge is 0.490 e. The lowest BCUT2D eigenvalue weighted by atomic mass is 9.84. The van der Waals surface area contributed by atoms with E-state index in [4.69, 9.17) is 19.8 Å². The average Bonchev–Trinajstić information content (AvgIpc) is 3.61. The number of carboxylic acids is 2. The molecule has 0 radical (unpaired) electrons. The molecule has 226 valence electrons. The first-order valence-electron chi connectivity index (χ1n) is 12.0. The lowest BCUT2D eigenvalue weighted by Gasteiger charge is -2.48. The van der Waals surface area contributed by atoms with Gasteiger partial charge in [0.25, 0.3) is 0 Å². The molecule has 0 amide bonds. The van der Waals surface area contributed by atoms with Crippen LogP contribution in [0.25, 0.3) is 10.7 Å². The fourth-order valence-corrected chi connectivity index (χ4v) is 5.37. The molecule has 0 atom stereocenters. The maximum Gasteiger partial charge on any atom is 0.490 e. The second-order valence-electron chi connectivity index (χ2n) is 9.55. The van der Waals surface area contributed by atoms with Gasteiger partial charge in [-0.15, -0.1) is 21.5 Å². The first-order valence-corrected chi connectivity index (χ1v) is 12.9. The second-order valence-corrected chi connectivity index (χ2v) is 10.5. The third-order valence-electron chi connectivity index (χ3n) is 6.36. The number of likely N-dealkylation sites (N-methyl/N-ethyl adjacent to an activating group) is 1. The van der Waals surface area contributed by atoms with Crippen LogP contribution in [0.1, 0.15) is 24.2 Å².